The molecule has 0 saturated carbocycles. The average Bonchev–Trinajstić information content (AvgIpc) is 2.95. The van der Waals surface area contributed by atoms with Crippen molar-refractivity contribution in [2.75, 3.05) is 5.73 Å². The van der Waals surface area contributed by atoms with Crippen molar-refractivity contribution in [3.8, 4) is 17.2 Å². The zero-order chi connectivity index (χ0) is 15.5. The van der Waals surface area contributed by atoms with Crippen molar-refractivity contribution in [3.05, 3.63) is 71.8 Å². The van der Waals surface area contributed by atoms with Crippen LogP contribution in [0.25, 0.3) is 11.1 Å². The number of nitrogens with zero attached hydrogens (tertiary/aromatic N) is 3. The van der Waals surface area contributed by atoms with Gasteiger partial charge < -0.3 is 5.73 Å². The number of benzene rings is 2. The molecule has 5 heteroatoms. The first kappa shape index (κ1) is 13.8. The fraction of sp³-hybridized carbons (Fsp3) is 0.0588. The zero-order valence-electron chi connectivity index (χ0n) is 11.7. The summed E-state index contributed by atoms with van der Waals surface area (Å²) in [4.78, 5) is 0. The van der Waals surface area contributed by atoms with Crippen LogP contribution in [-0.4, -0.2) is 9.78 Å². The van der Waals surface area contributed by atoms with Gasteiger partial charge in [-0.3, -0.25) is 4.68 Å². The molecule has 0 aliphatic rings. The molecule has 0 aliphatic carbocycles. The predicted octanol–water partition coefficient (Wildman–Crippen LogP) is 3.19. The third-order valence-electron chi connectivity index (χ3n) is 3.34. The molecule has 2 aromatic carbocycles. The van der Waals surface area contributed by atoms with E-state index in [0.29, 0.717) is 17.8 Å². The van der Waals surface area contributed by atoms with Gasteiger partial charge in [0.25, 0.3) is 0 Å². The average molecular weight is 292 g/mol. The van der Waals surface area contributed by atoms with Gasteiger partial charge in [0.15, 0.2) is 0 Å². The number of anilines is 1. The lowest BCUT2D eigenvalue weighted by Gasteiger charge is -2.03. The molecule has 22 heavy (non-hydrogen) atoms. The maximum atomic E-state index is 13.2. The first-order valence-corrected chi connectivity index (χ1v) is 6.72. The first-order valence-electron chi connectivity index (χ1n) is 6.72. The normalized spacial score (nSPS) is 10.4. The van der Waals surface area contributed by atoms with Crippen molar-refractivity contribution in [3.63, 3.8) is 0 Å². The topological polar surface area (TPSA) is 67.6 Å². The van der Waals surface area contributed by atoms with Gasteiger partial charge in [0.05, 0.1) is 24.4 Å². The minimum absolute atomic E-state index is 0.268. The van der Waals surface area contributed by atoms with E-state index >= 15 is 0 Å². The van der Waals surface area contributed by atoms with E-state index in [-0.39, 0.29) is 5.82 Å². The van der Waals surface area contributed by atoms with Crippen LogP contribution < -0.4 is 5.73 Å². The highest BCUT2D eigenvalue weighted by molar-refractivity contribution is 5.71. The van der Waals surface area contributed by atoms with Crippen LogP contribution in [0.5, 0.6) is 0 Å². The number of nitriles is 1. The van der Waals surface area contributed by atoms with E-state index in [4.69, 9.17) is 5.73 Å². The summed E-state index contributed by atoms with van der Waals surface area (Å²) in [5, 5.41) is 13.5. The number of rotatable bonds is 3. The number of halogens is 1. The third-order valence-corrected chi connectivity index (χ3v) is 3.34. The summed E-state index contributed by atoms with van der Waals surface area (Å²) >= 11 is 0. The van der Waals surface area contributed by atoms with Gasteiger partial charge in [-0.1, -0.05) is 18.2 Å². The van der Waals surface area contributed by atoms with Crippen molar-refractivity contribution in [1.29, 1.82) is 5.26 Å². The van der Waals surface area contributed by atoms with Gasteiger partial charge in [0.1, 0.15) is 5.82 Å². The monoisotopic (exact) mass is 292 g/mol. The summed E-state index contributed by atoms with van der Waals surface area (Å²) in [5.41, 5.74) is 9.18. The van der Waals surface area contributed by atoms with Crippen molar-refractivity contribution in [2.45, 2.75) is 6.54 Å². The Morgan fingerprint density at radius 3 is 2.86 bits per heavy atom. The molecule has 0 amide bonds. The molecule has 0 spiro atoms. The second-order valence-corrected chi connectivity index (χ2v) is 4.97. The highest BCUT2D eigenvalue weighted by atomic mass is 19.1. The van der Waals surface area contributed by atoms with Gasteiger partial charge in [0.2, 0.25) is 0 Å². The van der Waals surface area contributed by atoms with E-state index in [9.17, 15) is 9.65 Å². The molecule has 3 aromatic rings. The van der Waals surface area contributed by atoms with Crippen LogP contribution in [0.3, 0.4) is 0 Å². The van der Waals surface area contributed by atoms with E-state index in [0.717, 1.165) is 16.7 Å². The Hall–Kier alpha value is -3.13. The maximum Gasteiger partial charge on any atom is 0.123 e. The minimum atomic E-state index is -0.268. The molecule has 1 heterocycles. The molecule has 0 fully saturated rings. The van der Waals surface area contributed by atoms with Crippen LogP contribution in [0.1, 0.15) is 11.1 Å². The Morgan fingerprint density at radius 2 is 2.09 bits per heavy atom. The molecule has 0 bridgehead atoms. The fourth-order valence-corrected chi connectivity index (χ4v) is 2.32. The zero-order valence-corrected chi connectivity index (χ0v) is 11.7. The van der Waals surface area contributed by atoms with Crippen LogP contribution in [0, 0.1) is 17.1 Å². The lowest BCUT2D eigenvalue weighted by atomic mass is 10.0. The lowest BCUT2D eigenvalue weighted by molar-refractivity contribution is 0.619. The lowest BCUT2D eigenvalue weighted by Crippen LogP contribution is -1.99. The van der Waals surface area contributed by atoms with Crippen LogP contribution in [0.4, 0.5) is 10.1 Å². The summed E-state index contributed by atoms with van der Waals surface area (Å²) in [7, 11) is 0. The first-order chi connectivity index (χ1) is 10.7. The Balaban J connectivity index is 1.90. The van der Waals surface area contributed by atoms with Gasteiger partial charge in [-0.05, 0) is 29.8 Å². The quantitative estimate of drug-likeness (QED) is 0.754. The fourth-order valence-electron chi connectivity index (χ4n) is 2.32. The number of hydrogen-bond donors (Lipinski definition) is 1. The minimum Gasteiger partial charge on any atom is -0.399 e. The third kappa shape index (κ3) is 2.81. The molecule has 3 rings (SSSR count). The second kappa shape index (κ2) is 5.70. The van der Waals surface area contributed by atoms with Crippen LogP contribution >= 0.6 is 0 Å². The Labute approximate surface area is 127 Å². The summed E-state index contributed by atoms with van der Waals surface area (Å²) in [5.74, 6) is -0.268. The molecule has 0 radical (unpaired) electrons. The molecular weight excluding hydrogens is 279 g/mol. The van der Waals surface area contributed by atoms with E-state index in [1.807, 2.05) is 12.3 Å². The van der Waals surface area contributed by atoms with Gasteiger partial charge in [-0.15, -0.1) is 0 Å². The molecule has 2 N–H and O–H groups in total. The van der Waals surface area contributed by atoms with E-state index in [1.54, 1.807) is 35.1 Å². The van der Waals surface area contributed by atoms with Crippen molar-refractivity contribution in [2.24, 2.45) is 0 Å². The van der Waals surface area contributed by atoms with Gasteiger partial charge >= 0.3 is 0 Å². The van der Waals surface area contributed by atoms with Gasteiger partial charge in [0, 0.05) is 23.0 Å². The maximum absolute atomic E-state index is 13.2. The highest BCUT2D eigenvalue weighted by Crippen LogP contribution is 2.25. The van der Waals surface area contributed by atoms with Crippen molar-refractivity contribution >= 4 is 5.69 Å². The van der Waals surface area contributed by atoms with Crippen LogP contribution in [0.15, 0.2) is 54.9 Å². The summed E-state index contributed by atoms with van der Waals surface area (Å²) in [6.07, 6.45) is 3.52. The molecule has 0 atom stereocenters. The predicted molar refractivity (Wildman–Crippen MR) is 82.3 cm³/mol. The molecule has 108 valence electrons. The van der Waals surface area contributed by atoms with Gasteiger partial charge in [-0.25, -0.2) is 4.39 Å². The molecule has 1 aromatic heterocycles. The van der Waals surface area contributed by atoms with Crippen molar-refractivity contribution in [1.82, 2.24) is 9.78 Å². The van der Waals surface area contributed by atoms with E-state index in [1.165, 1.54) is 12.1 Å². The number of aromatic nitrogens is 2. The van der Waals surface area contributed by atoms with Crippen molar-refractivity contribution < 1.29 is 4.39 Å². The molecule has 0 unspecified atom stereocenters. The molecule has 4 nitrogen and oxygen atoms in total. The smallest absolute Gasteiger partial charge is 0.123 e. The Morgan fingerprint density at radius 1 is 1.23 bits per heavy atom. The summed E-state index contributed by atoms with van der Waals surface area (Å²) in [6, 6.07) is 13.7. The Bertz CT molecular complexity index is 861. The SMILES string of the molecule is N#Cc1cc(N)ccc1-c1cnn(Cc2cccc(F)c2)c1. The molecule has 0 aliphatic heterocycles. The molecular formula is C17H13FN4. The second-order valence-electron chi connectivity index (χ2n) is 4.97. The largest absolute Gasteiger partial charge is 0.399 e. The van der Waals surface area contributed by atoms with E-state index in [2.05, 4.69) is 11.2 Å². The highest BCUT2D eigenvalue weighted by Gasteiger charge is 2.08. The number of nitrogen functional groups attached to an aromatic ring is 1. The van der Waals surface area contributed by atoms with Gasteiger partial charge in [-0.2, -0.15) is 10.4 Å². The van der Waals surface area contributed by atoms with E-state index < -0.39 is 0 Å². The summed E-state index contributed by atoms with van der Waals surface area (Å²) < 4.78 is 14.9. The van der Waals surface area contributed by atoms with Crippen LogP contribution in [-0.2, 0) is 6.54 Å². The number of nitrogens with two attached hydrogens (primary N) is 1. The van der Waals surface area contributed by atoms with Crippen LogP contribution in [0.2, 0.25) is 0 Å². The summed E-state index contributed by atoms with van der Waals surface area (Å²) in [6.45, 7) is 0.467. The molecule has 0 saturated heterocycles. The Kier molecular flexibility index (Phi) is 3.58. The number of hydrogen-bond acceptors (Lipinski definition) is 3. The standard InChI is InChI=1S/C17H13FN4/c18-15-3-1-2-12(6-15)10-22-11-14(9-21-22)17-5-4-16(20)7-13(17)8-19/h1-7,9,11H,10,20H2.